The number of nitrogens with zero attached hydrogens (tertiary/aromatic N) is 3. The van der Waals surface area contributed by atoms with E-state index in [2.05, 4.69) is 5.10 Å². The van der Waals surface area contributed by atoms with Gasteiger partial charge in [-0.1, -0.05) is 0 Å². The molecule has 0 bridgehead atoms. The Kier molecular flexibility index (Phi) is 1.97. The number of hydrogen-bond donors (Lipinski definition) is 1. The van der Waals surface area contributed by atoms with Gasteiger partial charge in [0.05, 0.1) is 25.0 Å². The second kappa shape index (κ2) is 2.96. The predicted molar refractivity (Wildman–Crippen MR) is 49.7 cm³/mol. The van der Waals surface area contributed by atoms with Gasteiger partial charge in [-0.15, -0.1) is 0 Å². The smallest absolute Gasteiger partial charge is 0.407 e. The molecule has 82 valence electrons. The van der Waals surface area contributed by atoms with E-state index in [1.807, 2.05) is 0 Å². The molecule has 15 heavy (non-hydrogen) atoms. The topological polar surface area (TPSA) is 92.5 Å². The van der Waals surface area contributed by atoms with Crippen LogP contribution in [0.3, 0.4) is 0 Å². The number of hydrogen-bond acceptors (Lipinski definition) is 4. The van der Waals surface area contributed by atoms with E-state index in [4.69, 9.17) is 5.11 Å². The first-order chi connectivity index (χ1) is 6.88. The van der Waals surface area contributed by atoms with E-state index in [0.29, 0.717) is 11.3 Å². The summed E-state index contributed by atoms with van der Waals surface area (Å²) in [5.41, 5.74) is 1.14. The maximum absolute atomic E-state index is 11.1. The second-order valence-electron chi connectivity index (χ2n) is 3.38. The SMILES string of the molecule is CS(=O)(=O)n1cc2c(n1)CN(C(=O)O)C2. The highest BCUT2D eigenvalue weighted by Crippen LogP contribution is 2.21. The largest absolute Gasteiger partial charge is 0.465 e. The van der Waals surface area contributed by atoms with E-state index in [1.165, 1.54) is 11.1 Å². The summed E-state index contributed by atoms with van der Waals surface area (Å²) in [6.45, 7) is 0.341. The van der Waals surface area contributed by atoms with Crippen LogP contribution in [0.5, 0.6) is 0 Å². The summed E-state index contributed by atoms with van der Waals surface area (Å²) in [5.74, 6) is 0. The van der Waals surface area contributed by atoms with Gasteiger partial charge in [-0.25, -0.2) is 13.2 Å². The maximum atomic E-state index is 11.1. The lowest BCUT2D eigenvalue weighted by atomic mass is 10.3. The summed E-state index contributed by atoms with van der Waals surface area (Å²) in [4.78, 5) is 11.8. The van der Waals surface area contributed by atoms with Crippen LogP contribution >= 0.6 is 0 Å². The molecule has 0 aliphatic carbocycles. The molecule has 1 aliphatic heterocycles. The Morgan fingerprint density at radius 2 is 2.20 bits per heavy atom. The molecular weight excluding hydrogens is 222 g/mol. The van der Waals surface area contributed by atoms with Crippen molar-refractivity contribution in [3.63, 3.8) is 0 Å². The van der Waals surface area contributed by atoms with E-state index in [0.717, 1.165) is 10.3 Å². The van der Waals surface area contributed by atoms with Crippen molar-refractivity contribution in [1.82, 2.24) is 14.1 Å². The van der Waals surface area contributed by atoms with Crippen molar-refractivity contribution < 1.29 is 18.3 Å². The van der Waals surface area contributed by atoms with Crippen LogP contribution < -0.4 is 0 Å². The van der Waals surface area contributed by atoms with Crippen LogP contribution in [0.15, 0.2) is 6.20 Å². The molecule has 1 N–H and O–H groups in total. The third-order valence-corrected chi connectivity index (χ3v) is 3.04. The van der Waals surface area contributed by atoms with Gasteiger partial charge in [-0.2, -0.15) is 9.19 Å². The third kappa shape index (κ3) is 1.67. The Bertz CT molecular complexity index is 495. The molecule has 0 unspecified atom stereocenters. The van der Waals surface area contributed by atoms with Crippen molar-refractivity contribution in [2.75, 3.05) is 6.26 Å². The van der Waals surface area contributed by atoms with Crippen molar-refractivity contribution >= 4 is 16.1 Å². The fourth-order valence-corrected chi connectivity index (χ4v) is 2.00. The van der Waals surface area contributed by atoms with Gasteiger partial charge in [0, 0.05) is 11.8 Å². The maximum Gasteiger partial charge on any atom is 0.407 e. The summed E-state index contributed by atoms with van der Waals surface area (Å²) in [5, 5.41) is 12.5. The molecule has 0 saturated carbocycles. The third-order valence-electron chi connectivity index (χ3n) is 2.17. The molecule has 0 spiro atoms. The normalized spacial score (nSPS) is 15.4. The number of amides is 1. The molecule has 1 aliphatic rings. The number of carboxylic acid groups (broad SMARTS) is 1. The Labute approximate surface area is 86.0 Å². The summed E-state index contributed by atoms with van der Waals surface area (Å²) in [6, 6.07) is 0. The van der Waals surface area contributed by atoms with Crippen LogP contribution in [0.1, 0.15) is 11.3 Å². The molecule has 7 nitrogen and oxygen atoms in total. The number of rotatable bonds is 1. The van der Waals surface area contributed by atoms with Crippen molar-refractivity contribution in [2.24, 2.45) is 0 Å². The molecule has 1 aromatic heterocycles. The first-order valence-electron chi connectivity index (χ1n) is 4.14. The van der Waals surface area contributed by atoms with Gasteiger partial charge in [0.15, 0.2) is 0 Å². The van der Waals surface area contributed by atoms with Crippen molar-refractivity contribution in [3.8, 4) is 0 Å². The second-order valence-corrected chi connectivity index (χ2v) is 5.22. The van der Waals surface area contributed by atoms with Crippen LogP contribution in [0.4, 0.5) is 4.79 Å². The average Bonchev–Trinajstić information content (AvgIpc) is 2.55. The summed E-state index contributed by atoms with van der Waals surface area (Å²) < 4.78 is 23.1. The fourth-order valence-electron chi connectivity index (χ4n) is 1.43. The molecule has 2 rings (SSSR count). The standard InChI is InChI=1S/C7H9N3O4S/c1-15(13,14)10-3-5-2-9(7(11)12)4-6(5)8-10/h3H,2,4H2,1H3,(H,11,12). The summed E-state index contributed by atoms with van der Waals surface area (Å²) >= 11 is 0. The number of carbonyl (C=O) groups is 1. The lowest BCUT2D eigenvalue weighted by Gasteiger charge is -2.09. The lowest BCUT2D eigenvalue weighted by molar-refractivity contribution is 0.144. The Hall–Kier alpha value is -1.57. The van der Waals surface area contributed by atoms with Gasteiger partial charge in [-0.05, 0) is 0 Å². The lowest BCUT2D eigenvalue weighted by Crippen LogP contribution is -2.24. The molecular formula is C7H9N3O4S. The zero-order chi connectivity index (χ0) is 11.2. The zero-order valence-corrected chi connectivity index (χ0v) is 8.73. The average molecular weight is 231 g/mol. The highest BCUT2D eigenvalue weighted by atomic mass is 32.2. The van der Waals surface area contributed by atoms with Gasteiger partial charge in [0.1, 0.15) is 0 Å². The minimum Gasteiger partial charge on any atom is -0.465 e. The molecule has 1 aromatic rings. The van der Waals surface area contributed by atoms with E-state index in [-0.39, 0.29) is 13.1 Å². The molecule has 0 radical (unpaired) electrons. The molecule has 0 atom stereocenters. The van der Waals surface area contributed by atoms with Gasteiger partial charge < -0.3 is 5.11 Å². The van der Waals surface area contributed by atoms with Crippen LogP contribution in [0.2, 0.25) is 0 Å². The molecule has 0 saturated heterocycles. The highest BCUT2D eigenvalue weighted by molar-refractivity contribution is 7.89. The van der Waals surface area contributed by atoms with Crippen molar-refractivity contribution in [3.05, 3.63) is 17.5 Å². The molecule has 0 aromatic carbocycles. The van der Waals surface area contributed by atoms with Crippen LogP contribution in [0, 0.1) is 0 Å². The molecule has 2 heterocycles. The minimum absolute atomic E-state index is 0.146. The van der Waals surface area contributed by atoms with E-state index >= 15 is 0 Å². The quantitative estimate of drug-likeness (QED) is 0.715. The molecule has 0 fully saturated rings. The van der Waals surface area contributed by atoms with E-state index < -0.39 is 16.1 Å². The zero-order valence-electron chi connectivity index (χ0n) is 7.91. The van der Waals surface area contributed by atoms with Crippen molar-refractivity contribution in [2.45, 2.75) is 13.1 Å². The van der Waals surface area contributed by atoms with Gasteiger partial charge >= 0.3 is 6.09 Å². The molecule has 1 amide bonds. The number of fused-ring (bicyclic) bond motifs is 1. The Morgan fingerprint density at radius 3 is 2.67 bits per heavy atom. The molecule has 8 heteroatoms. The minimum atomic E-state index is -3.38. The number of aromatic nitrogens is 2. The highest BCUT2D eigenvalue weighted by Gasteiger charge is 2.27. The summed E-state index contributed by atoms with van der Waals surface area (Å²) in [7, 11) is -3.38. The predicted octanol–water partition coefficient (Wildman–Crippen LogP) is -0.316. The van der Waals surface area contributed by atoms with Gasteiger partial charge in [0.25, 0.3) is 10.0 Å². The summed E-state index contributed by atoms with van der Waals surface area (Å²) in [6.07, 6.45) is 1.37. The van der Waals surface area contributed by atoms with E-state index in [1.54, 1.807) is 0 Å². The van der Waals surface area contributed by atoms with Crippen LogP contribution in [0.25, 0.3) is 0 Å². The van der Waals surface area contributed by atoms with Crippen LogP contribution in [-0.2, 0) is 23.1 Å². The van der Waals surface area contributed by atoms with Crippen LogP contribution in [-0.4, -0.2) is 40.0 Å². The fraction of sp³-hybridized carbons (Fsp3) is 0.429. The Morgan fingerprint density at radius 1 is 1.53 bits per heavy atom. The van der Waals surface area contributed by atoms with Crippen molar-refractivity contribution in [1.29, 1.82) is 0 Å². The Balaban J connectivity index is 2.31. The van der Waals surface area contributed by atoms with Gasteiger partial charge in [0.2, 0.25) is 0 Å². The monoisotopic (exact) mass is 231 g/mol. The van der Waals surface area contributed by atoms with Gasteiger partial charge in [-0.3, -0.25) is 4.90 Å². The van der Waals surface area contributed by atoms with E-state index in [9.17, 15) is 13.2 Å². The first kappa shape index (κ1) is 9.97. The first-order valence-corrected chi connectivity index (χ1v) is 5.98.